The quantitative estimate of drug-likeness (QED) is 0.837. The molecule has 0 spiro atoms. The molecule has 1 atom stereocenters. The fourth-order valence-electron chi connectivity index (χ4n) is 2.27. The van der Waals surface area contributed by atoms with E-state index in [0.717, 1.165) is 12.5 Å². The smallest absolute Gasteiger partial charge is 0.0351 e. The third-order valence-corrected chi connectivity index (χ3v) is 4.09. The first-order valence-electron chi connectivity index (χ1n) is 6.23. The van der Waals surface area contributed by atoms with Crippen LogP contribution in [-0.4, -0.2) is 0 Å². The molecule has 0 amide bonds. The maximum atomic E-state index is 3.71. The maximum absolute atomic E-state index is 3.71. The Morgan fingerprint density at radius 1 is 1.18 bits per heavy atom. The molecule has 88 valence electrons. The number of nitrogens with one attached hydrogen (secondary N) is 1. The van der Waals surface area contributed by atoms with Gasteiger partial charge in [0.25, 0.3) is 0 Å². The normalized spacial score (nSPS) is 16.9. The summed E-state index contributed by atoms with van der Waals surface area (Å²) in [4.78, 5) is 0. The van der Waals surface area contributed by atoms with E-state index >= 15 is 0 Å². The molecule has 2 aromatic rings. The van der Waals surface area contributed by atoms with Crippen molar-refractivity contribution in [3.05, 3.63) is 58.3 Å². The van der Waals surface area contributed by atoms with Crippen LogP contribution in [0.1, 0.15) is 30.0 Å². The number of hydrogen-bond donors (Lipinski definition) is 1. The Hall–Kier alpha value is -1.12. The second kappa shape index (κ2) is 5.03. The molecule has 2 heteroatoms. The lowest BCUT2D eigenvalue weighted by Gasteiger charge is -2.18. The van der Waals surface area contributed by atoms with E-state index in [1.807, 2.05) is 0 Å². The van der Waals surface area contributed by atoms with Crippen LogP contribution in [0.3, 0.4) is 0 Å². The molecule has 1 nitrogen and oxygen atoms in total. The van der Waals surface area contributed by atoms with Crippen LogP contribution < -0.4 is 5.32 Å². The van der Waals surface area contributed by atoms with Crippen LogP contribution in [-0.2, 0) is 6.54 Å². The summed E-state index contributed by atoms with van der Waals surface area (Å²) in [6, 6.07) is 13.6. The molecule has 0 aliphatic heterocycles. The summed E-state index contributed by atoms with van der Waals surface area (Å²) >= 11 is 1.77. The Labute approximate surface area is 106 Å². The van der Waals surface area contributed by atoms with E-state index in [-0.39, 0.29) is 0 Å². The molecule has 1 unspecified atom stereocenters. The van der Waals surface area contributed by atoms with Gasteiger partial charge in [0.1, 0.15) is 0 Å². The van der Waals surface area contributed by atoms with E-state index in [0.29, 0.717) is 6.04 Å². The van der Waals surface area contributed by atoms with Crippen molar-refractivity contribution in [1.82, 2.24) is 5.32 Å². The summed E-state index contributed by atoms with van der Waals surface area (Å²) in [5.41, 5.74) is 2.84. The molecule has 1 aromatic heterocycles. The van der Waals surface area contributed by atoms with Crippen molar-refractivity contribution in [3.8, 4) is 0 Å². The second-order valence-corrected chi connectivity index (χ2v) is 5.52. The second-order valence-electron chi connectivity index (χ2n) is 4.74. The lowest BCUT2D eigenvalue weighted by Crippen LogP contribution is -2.22. The topological polar surface area (TPSA) is 12.0 Å². The van der Waals surface area contributed by atoms with Gasteiger partial charge in [-0.05, 0) is 46.7 Å². The Balaban J connectivity index is 1.68. The minimum Gasteiger partial charge on any atom is -0.306 e. The molecule has 17 heavy (non-hydrogen) atoms. The highest BCUT2D eigenvalue weighted by Crippen LogP contribution is 2.41. The molecule has 0 bridgehead atoms. The molecule has 0 saturated heterocycles. The first-order chi connectivity index (χ1) is 8.43. The van der Waals surface area contributed by atoms with Crippen molar-refractivity contribution in [2.75, 3.05) is 0 Å². The van der Waals surface area contributed by atoms with Crippen LogP contribution in [0.25, 0.3) is 0 Å². The monoisotopic (exact) mass is 243 g/mol. The predicted molar refractivity (Wildman–Crippen MR) is 73.1 cm³/mol. The lowest BCUT2D eigenvalue weighted by molar-refractivity contribution is 0.481. The average Bonchev–Trinajstić information content (AvgIpc) is 3.07. The first kappa shape index (κ1) is 11.0. The minimum absolute atomic E-state index is 0.538. The Bertz CT molecular complexity index is 445. The number of benzene rings is 1. The van der Waals surface area contributed by atoms with E-state index < -0.39 is 0 Å². The van der Waals surface area contributed by atoms with Gasteiger partial charge in [-0.25, -0.2) is 0 Å². The average molecular weight is 243 g/mol. The van der Waals surface area contributed by atoms with Crippen LogP contribution in [0.4, 0.5) is 0 Å². The van der Waals surface area contributed by atoms with E-state index in [2.05, 4.69) is 52.5 Å². The van der Waals surface area contributed by atoms with Gasteiger partial charge < -0.3 is 5.32 Å². The van der Waals surface area contributed by atoms with Gasteiger partial charge in [-0.2, -0.15) is 11.3 Å². The van der Waals surface area contributed by atoms with Crippen molar-refractivity contribution >= 4 is 11.3 Å². The molecule has 1 aliphatic rings. The van der Waals surface area contributed by atoms with Gasteiger partial charge in [0.15, 0.2) is 0 Å². The van der Waals surface area contributed by atoms with Crippen LogP contribution in [0.5, 0.6) is 0 Å². The summed E-state index contributed by atoms with van der Waals surface area (Å²) < 4.78 is 0. The van der Waals surface area contributed by atoms with Crippen molar-refractivity contribution in [1.29, 1.82) is 0 Å². The van der Waals surface area contributed by atoms with Gasteiger partial charge in [0, 0.05) is 12.6 Å². The zero-order valence-electron chi connectivity index (χ0n) is 9.80. The van der Waals surface area contributed by atoms with E-state index in [9.17, 15) is 0 Å². The molecule has 1 aliphatic carbocycles. The first-order valence-corrected chi connectivity index (χ1v) is 7.17. The zero-order valence-corrected chi connectivity index (χ0v) is 10.6. The SMILES string of the molecule is c1ccc(C(NCc2ccsc2)C2CC2)cc1. The van der Waals surface area contributed by atoms with Crippen molar-refractivity contribution in [2.24, 2.45) is 5.92 Å². The van der Waals surface area contributed by atoms with E-state index in [1.165, 1.54) is 24.0 Å². The summed E-state index contributed by atoms with van der Waals surface area (Å²) in [6.45, 7) is 0.986. The molecule has 0 radical (unpaired) electrons. The summed E-state index contributed by atoms with van der Waals surface area (Å²) in [5, 5.41) is 8.08. The molecule has 1 fully saturated rings. The maximum Gasteiger partial charge on any atom is 0.0351 e. The number of hydrogen-bond acceptors (Lipinski definition) is 2. The van der Waals surface area contributed by atoms with Gasteiger partial charge in [0.2, 0.25) is 0 Å². The lowest BCUT2D eigenvalue weighted by atomic mass is 10.0. The molecule has 1 heterocycles. The molecule has 3 rings (SSSR count). The Kier molecular flexibility index (Phi) is 3.25. The summed E-state index contributed by atoms with van der Waals surface area (Å²) in [5.74, 6) is 0.844. The largest absolute Gasteiger partial charge is 0.306 e. The fourth-order valence-corrected chi connectivity index (χ4v) is 2.94. The molecular weight excluding hydrogens is 226 g/mol. The van der Waals surface area contributed by atoms with E-state index in [4.69, 9.17) is 0 Å². The van der Waals surface area contributed by atoms with Crippen molar-refractivity contribution in [3.63, 3.8) is 0 Å². The van der Waals surface area contributed by atoms with Crippen LogP contribution in [0, 0.1) is 5.92 Å². The third-order valence-electron chi connectivity index (χ3n) is 3.36. The highest BCUT2D eigenvalue weighted by Gasteiger charge is 2.31. The highest BCUT2D eigenvalue weighted by molar-refractivity contribution is 7.07. The predicted octanol–water partition coefficient (Wildman–Crippen LogP) is 3.99. The standard InChI is InChI=1S/C15H17NS/c1-2-4-13(5-3-1)15(14-6-7-14)16-10-12-8-9-17-11-12/h1-5,8-9,11,14-16H,6-7,10H2. The van der Waals surface area contributed by atoms with Gasteiger partial charge in [0.05, 0.1) is 0 Å². The molecule has 1 N–H and O–H groups in total. The minimum atomic E-state index is 0.538. The van der Waals surface area contributed by atoms with Crippen molar-refractivity contribution < 1.29 is 0 Å². The number of rotatable bonds is 5. The van der Waals surface area contributed by atoms with Gasteiger partial charge in [-0.3, -0.25) is 0 Å². The third kappa shape index (κ3) is 2.76. The molecular formula is C15H17NS. The fraction of sp³-hybridized carbons (Fsp3) is 0.333. The number of thiophene rings is 1. The summed E-state index contributed by atoms with van der Waals surface area (Å²) in [7, 11) is 0. The van der Waals surface area contributed by atoms with Crippen molar-refractivity contribution in [2.45, 2.75) is 25.4 Å². The zero-order chi connectivity index (χ0) is 11.5. The van der Waals surface area contributed by atoms with Crippen LogP contribution >= 0.6 is 11.3 Å². The molecule has 1 saturated carbocycles. The summed E-state index contributed by atoms with van der Waals surface area (Å²) in [6.07, 6.45) is 2.74. The molecule has 1 aromatic carbocycles. The van der Waals surface area contributed by atoms with Crippen LogP contribution in [0.15, 0.2) is 47.2 Å². The highest BCUT2D eigenvalue weighted by atomic mass is 32.1. The van der Waals surface area contributed by atoms with Gasteiger partial charge in [-0.15, -0.1) is 0 Å². The van der Waals surface area contributed by atoms with Gasteiger partial charge in [-0.1, -0.05) is 30.3 Å². The van der Waals surface area contributed by atoms with Gasteiger partial charge >= 0.3 is 0 Å². The Morgan fingerprint density at radius 2 is 2.00 bits per heavy atom. The van der Waals surface area contributed by atoms with E-state index in [1.54, 1.807) is 11.3 Å². The van der Waals surface area contributed by atoms with Crippen LogP contribution in [0.2, 0.25) is 0 Å². The Morgan fingerprint density at radius 3 is 2.65 bits per heavy atom.